The van der Waals surface area contributed by atoms with Gasteiger partial charge in [-0.05, 0) is 98.8 Å². The van der Waals surface area contributed by atoms with Crippen molar-refractivity contribution in [3.63, 3.8) is 0 Å². The lowest BCUT2D eigenvalue weighted by Crippen LogP contribution is -2.49. The van der Waals surface area contributed by atoms with Crippen molar-refractivity contribution >= 4 is 0 Å². The molecule has 0 heterocycles. The molecule has 1 atom stereocenters. The molecule has 0 spiro atoms. The molecule has 3 N–H and O–H groups in total. The smallest absolute Gasteiger partial charge is 0.119 e. The minimum atomic E-state index is -0.534. The van der Waals surface area contributed by atoms with Gasteiger partial charge in [0.05, 0.1) is 0 Å². The second kappa shape index (κ2) is 10.0. The number of aliphatic hydroxyl groups excluding tert-OH is 1. The molecule has 4 heteroatoms. The average Bonchev–Trinajstić information content (AvgIpc) is 2.82. The molecule has 0 saturated heterocycles. The molecule has 4 bridgehead atoms. The Bertz CT molecular complexity index is 889. The summed E-state index contributed by atoms with van der Waals surface area (Å²) in [5.41, 5.74) is 3.16. The Hall–Kier alpha value is -1.88. The molecule has 4 saturated carbocycles. The third-order valence-electron chi connectivity index (χ3n) is 8.51. The zero-order valence-electron chi connectivity index (χ0n) is 20.9. The van der Waals surface area contributed by atoms with Crippen molar-refractivity contribution in [1.82, 2.24) is 10.6 Å². The van der Waals surface area contributed by atoms with Gasteiger partial charge in [-0.25, -0.2) is 0 Å². The van der Waals surface area contributed by atoms with E-state index < -0.39 is 6.10 Å². The van der Waals surface area contributed by atoms with Gasteiger partial charge in [0.15, 0.2) is 0 Å². The van der Waals surface area contributed by atoms with Crippen molar-refractivity contribution in [1.29, 1.82) is 0 Å². The molecule has 4 aliphatic rings. The maximum Gasteiger partial charge on any atom is 0.119 e. The van der Waals surface area contributed by atoms with Crippen LogP contribution in [0.25, 0.3) is 0 Å². The molecule has 0 amide bonds. The van der Waals surface area contributed by atoms with Gasteiger partial charge in [-0.1, -0.05) is 42.5 Å². The van der Waals surface area contributed by atoms with Crippen molar-refractivity contribution in [2.24, 2.45) is 17.8 Å². The predicted molar refractivity (Wildman–Crippen MR) is 138 cm³/mol. The first-order chi connectivity index (χ1) is 16.4. The summed E-state index contributed by atoms with van der Waals surface area (Å²) >= 11 is 0. The Morgan fingerprint density at radius 1 is 0.941 bits per heavy atom. The molecule has 0 unspecified atom stereocenters. The van der Waals surface area contributed by atoms with Crippen LogP contribution in [0, 0.1) is 17.8 Å². The first-order valence-corrected chi connectivity index (χ1v) is 13.3. The van der Waals surface area contributed by atoms with E-state index >= 15 is 0 Å². The first-order valence-electron chi connectivity index (χ1n) is 13.3. The molecule has 4 fully saturated rings. The van der Waals surface area contributed by atoms with Gasteiger partial charge in [-0.15, -0.1) is 0 Å². The predicted octanol–water partition coefficient (Wildman–Crippen LogP) is 5.05. The molecule has 2 aromatic carbocycles. The molecule has 6 rings (SSSR count). The van der Waals surface area contributed by atoms with Crippen LogP contribution in [-0.2, 0) is 12.0 Å². The first kappa shape index (κ1) is 23.8. The van der Waals surface area contributed by atoms with E-state index in [1.165, 1.54) is 49.7 Å². The summed E-state index contributed by atoms with van der Waals surface area (Å²) in [4.78, 5) is 0. The third-order valence-corrected chi connectivity index (χ3v) is 8.51. The van der Waals surface area contributed by atoms with E-state index in [-0.39, 0.29) is 5.54 Å². The Morgan fingerprint density at radius 3 is 2.18 bits per heavy atom. The van der Waals surface area contributed by atoms with E-state index in [2.05, 4.69) is 73.0 Å². The number of hydrogen-bond donors (Lipinski definition) is 3. The SMILES string of the molecule is CC(C)(CNC[C@H](O)COc1ccc(C23CC4CC(CC(C4)C2)C3)cc1)NCc1ccccc1. The van der Waals surface area contributed by atoms with Crippen molar-refractivity contribution in [2.75, 3.05) is 19.7 Å². The highest BCUT2D eigenvalue weighted by Gasteiger charge is 2.51. The van der Waals surface area contributed by atoms with Crippen LogP contribution in [0.15, 0.2) is 54.6 Å². The number of benzene rings is 2. The molecule has 0 radical (unpaired) electrons. The van der Waals surface area contributed by atoms with Crippen LogP contribution in [0.1, 0.15) is 63.5 Å². The Morgan fingerprint density at radius 2 is 1.56 bits per heavy atom. The van der Waals surface area contributed by atoms with E-state index in [0.717, 1.165) is 36.6 Å². The second-order valence-electron chi connectivity index (χ2n) is 12.0. The summed E-state index contributed by atoms with van der Waals surface area (Å²) in [6.07, 6.45) is 8.07. The van der Waals surface area contributed by atoms with E-state index in [1.54, 1.807) is 0 Å². The van der Waals surface area contributed by atoms with Crippen LogP contribution in [0.4, 0.5) is 0 Å². The lowest BCUT2D eigenvalue weighted by atomic mass is 9.48. The molecule has 4 nitrogen and oxygen atoms in total. The average molecular weight is 463 g/mol. The van der Waals surface area contributed by atoms with Gasteiger partial charge in [-0.3, -0.25) is 0 Å². The maximum absolute atomic E-state index is 10.4. The number of ether oxygens (including phenoxy) is 1. The van der Waals surface area contributed by atoms with Gasteiger partial charge < -0.3 is 20.5 Å². The van der Waals surface area contributed by atoms with Crippen molar-refractivity contribution < 1.29 is 9.84 Å². The lowest BCUT2D eigenvalue weighted by molar-refractivity contribution is -0.00521. The minimum absolute atomic E-state index is 0.0660. The van der Waals surface area contributed by atoms with Crippen LogP contribution < -0.4 is 15.4 Å². The van der Waals surface area contributed by atoms with Crippen LogP contribution in [0.2, 0.25) is 0 Å². The number of aliphatic hydroxyl groups is 1. The zero-order chi connectivity index (χ0) is 23.6. The van der Waals surface area contributed by atoms with Gasteiger partial charge >= 0.3 is 0 Å². The molecule has 4 aliphatic carbocycles. The quantitative estimate of drug-likeness (QED) is 0.437. The van der Waals surface area contributed by atoms with E-state index in [0.29, 0.717) is 18.6 Å². The normalized spacial score (nSPS) is 28.7. The zero-order valence-corrected chi connectivity index (χ0v) is 20.9. The largest absolute Gasteiger partial charge is 0.491 e. The van der Waals surface area contributed by atoms with E-state index in [9.17, 15) is 5.11 Å². The standard InChI is InChI=1S/C30H42N2O2/c1-29(2,32-18-22-6-4-3-5-7-22)21-31-19-27(33)20-34-28-10-8-26(9-11-28)30-15-23-12-24(16-30)14-25(13-23)17-30/h3-11,23-25,27,31-33H,12-21H2,1-2H3/t23?,24?,25?,27-,30?/m0/s1. The molecule has 34 heavy (non-hydrogen) atoms. The highest BCUT2D eigenvalue weighted by molar-refractivity contribution is 5.34. The van der Waals surface area contributed by atoms with Crippen molar-refractivity contribution in [2.45, 2.75) is 76.0 Å². The Labute approximate surface area is 205 Å². The highest BCUT2D eigenvalue weighted by atomic mass is 16.5. The Kier molecular flexibility index (Phi) is 7.02. The maximum atomic E-state index is 10.4. The number of rotatable bonds is 11. The van der Waals surface area contributed by atoms with Crippen molar-refractivity contribution in [3.05, 3.63) is 65.7 Å². The van der Waals surface area contributed by atoms with Crippen LogP contribution >= 0.6 is 0 Å². The van der Waals surface area contributed by atoms with Crippen LogP contribution in [-0.4, -0.2) is 36.4 Å². The van der Waals surface area contributed by atoms with Crippen LogP contribution in [0.5, 0.6) is 5.75 Å². The van der Waals surface area contributed by atoms with Crippen LogP contribution in [0.3, 0.4) is 0 Å². The summed E-state index contributed by atoms with van der Waals surface area (Å²) in [5, 5.41) is 17.4. The molecule has 2 aromatic rings. The fourth-order valence-corrected chi connectivity index (χ4v) is 7.17. The summed E-state index contributed by atoms with van der Waals surface area (Å²) < 4.78 is 5.92. The molecule has 184 valence electrons. The second-order valence-corrected chi connectivity index (χ2v) is 12.0. The fourth-order valence-electron chi connectivity index (χ4n) is 7.17. The van der Waals surface area contributed by atoms with Crippen molar-refractivity contribution in [3.8, 4) is 5.75 Å². The van der Waals surface area contributed by atoms with E-state index in [1.807, 2.05) is 6.07 Å². The third kappa shape index (κ3) is 5.67. The van der Waals surface area contributed by atoms with E-state index in [4.69, 9.17) is 4.74 Å². The van der Waals surface area contributed by atoms with Gasteiger partial charge in [0.1, 0.15) is 18.5 Å². The fraction of sp³-hybridized carbons (Fsp3) is 0.600. The molecular weight excluding hydrogens is 420 g/mol. The lowest BCUT2D eigenvalue weighted by Gasteiger charge is -2.57. The van der Waals surface area contributed by atoms with Gasteiger partial charge in [0.25, 0.3) is 0 Å². The Balaban J connectivity index is 1.04. The summed E-state index contributed by atoms with van der Waals surface area (Å²) in [7, 11) is 0. The summed E-state index contributed by atoms with van der Waals surface area (Å²) in [6.45, 7) is 6.79. The van der Waals surface area contributed by atoms with Gasteiger partial charge in [0, 0.05) is 25.2 Å². The summed E-state index contributed by atoms with van der Waals surface area (Å²) in [6, 6.07) is 19.3. The topological polar surface area (TPSA) is 53.5 Å². The minimum Gasteiger partial charge on any atom is -0.491 e. The summed E-state index contributed by atoms with van der Waals surface area (Å²) in [5.74, 6) is 3.74. The molecule has 0 aromatic heterocycles. The monoisotopic (exact) mass is 462 g/mol. The molecule has 0 aliphatic heterocycles. The van der Waals surface area contributed by atoms with Gasteiger partial charge in [0.2, 0.25) is 0 Å². The highest BCUT2D eigenvalue weighted by Crippen LogP contribution is 2.60. The number of nitrogens with one attached hydrogen (secondary N) is 2. The number of hydrogen-bond acceptors (Lipinski definition) is 4. The van der Waals surface area contributed by atoms with Gasteiger partial charge in [-0.2, -0.15) is 0 Å². The molecular formula is C30H42N2O2.